The second-order valence-corrected chi connectivity index (χ2v) is 3.85. The Morgan fingerprint density at radius 3 is 2.67 bits per heavy atom. The molecule has 0 atom stereocenters. The van der Waals surface area contributed by atoms with E-state index in [2.05, 4.69) is 23.8 Å². The summed E-state index contributed by atoms with van der Waals surface area (Å²) in [4.78, 5) is 0. The zero-order chi connectivity index (χ0) is 11.2. The van der Waals surface area contributed by atoms with Crippen LogP contribution in [0.5, 0.6) is 5.75 Å². The molecule has 0 fully saturated rings. The van der Waals surface area contributed by atoms with Gasteiger partial charge in [-0.15, -0.1) is 0 Å². The average Bonchev–Trinajstić information content (AvgIpc) is 2.69. The minimum atomic E-state index is 0.138. The first-order chi connectivity index (χ1) is 7.07. The third-order valence-corrected chi connectivity index (χ3v) is 2.62. The molecule has 5 heteroatoms. The molecule has 15 heavy (non-hydrogen) atoms. The van der Waals surface area contributed by atoms with E-state index in [1.807, 2.05) is 12.3 Å². The maximum atomic E-state index is 9.81. The van der Waals surface area contributed by atoms with E-state index in [1.165, 1.54) is 0 Å². The second-order valence-electron chi connectivity index (χ2n) is 3.85. The van der Waals surface area contributed by atoms with E-state index in [0.717, 1.165) is 11.0 Å². The standard InChI is InChI=1S/C10H16N4O/c1-6(2)13-5-4-7-8(15)9(11)14(12-3)10(7)13/h4-6,12,15H,11H2,1-3H3. The van der Waals surface area contributed by atoms with Gasteiger partial charge in [0.1, 0.15) is 5.65 Å². The largest absolute Gasteiger partial charge is 0.504 e. The van der Waals surface area contributed by atoms with Crippen molar-refractivity contribution in [2.45, 2.75) is 19.9 Å². The van der Waals surface area contributed by atoms with Gasteiger partial charge in [-0.25, -0.2) is 4.68 Å². The number of nitrogen functional groups attached to an aromatic ring is 1. The van der Waals surface area contributed by atoms with Gasteiger partial charge >= 0.3 is 0 Å². The van der Waals surface area contributed by atoms with Crippen LogP contribution in [0.15, 0.2) is 12.3 Å². The molecule has 0 saturated carbocycles. The van der Waals surface area contributed by atoms with Gasteiger partial charge in [0.2, 0.25) is 0 Å². The summed E-state index contributed by atoms with van der Waals surface area (Å²) >= 11 is 0. The SMILES string of the molecule is CNn1c(N)c(O)c2ccn(C(C)C)c21. The van der Waals surface area contributed by atoms with Crippen LogP contribution in [0.3, 0.4) is 0 Å². The summed E-state index contributed by atoms with van der Waals surface area (Å²) in [6, 6.07) is 2.19. The van der Waals surface area contributed by atoms with Gasteiger partial charge in [-0.05, 0) is 19.9 Å². The lowest BCUT2D eigenvalue weighted by Crippen LogP contribution is -2.14. The predicted octanol–water partition coefficient (Wildman–Crippen LogP) is 1.48. The molecule has 0 spiro atoms. The summed E-state index contributed by atoms with van der Waals surface area (Å²) in [5.41, 5.74) is 9.62. The van der Waals surface area contributed by atoms with Gasteiger partial charge in [0.25, 0.3) is 0 Å². The second kappa shape index (κ2) is 3.12. The van der Waals surface area contributed by atoms with Crippen LogP contribution in [-0.2, 0) is 0 Å². The van der Waals surface area contributed by atoms with Gasteiger partial charge in [0.05, 0.1) is 5.39 Å². The van der Waals surface area contributed by atoms with Gasteiger partial charge in [0, 0.05) is 19.3 Å². The topological polar surface area (TPSA) is 68.1 Å². The molecule has 0 radical (unpaired) electrons. The number of anilines is 1. The fraction of sp³-hybridized carbons (Fsp3) is 0.400. The molecule has 4 N–H and O–H groups in total. The number of fused-ring (bicyclic) bond motifs is 1. The minimum Gasteiger partial charge on any atom is -0.504 e. The Labute approximate surface area is 88.1 Å². The van der Waals surface area contributed by atoms with Crippen LogP contribution in [-0.4, -0.2) is 21.4 Å². The van der Waals surface area contributed by atoms with Crippen LogP contribution in [0.2, 0.25) is 0 Å². The molecule has 0 aliphatic carbocycles. The van der Waals surface area contributed by atoms with E-state index in [1.54, 1.807) is 11.7 Å². The van der Waals surface area contributed by atoms with Crippen LogP contribution < -0.4 is 11.2 Å². The van der Waals surface area contributed by atoms with Crippen molar-refractivity contribution in [2.24, 2.45) is 0 Å². The molecule has 0 amide bonds. The fourth-order valence-corrected chi connectivity index (χ4v) is 1.86. The van der Waals surface area contributed by atoms with Gasteiger partial charge in [0.15, 0.2) is 11.6 Å². The molecular formula is C10H16N4O. The lowest BCUT2D eigenvalue weighted by atomic mass is 10.4. The Kier molecular flexibility index (Phi) is 2.03. The molecule has 0 bridgehead atoms. The summed E-state index contributed by atoms with van der Waals surface area (Å²) in [5.74, 6) is 0.483. The van der Waals surface area contributed by atoms with E-state index < -0.39 is 0 Å². The van der Waals surface area contributed by atoms with Gasteiger partial charge < -0.3 is 20.8 Å². The highest BCUT2D eigenvalue weighted by Gasteiger charge is 2.17. The Hall–Kier alpha value is -1.78. The molecular weight excluding hydrogens is 192 g/mol. The molecule has 0 saturated heterocycles. The molecule has 0 aromatic carbocycles. The zero-order valence-electron chi connectivity index (χ0n) is 9.15. The van der Waals surface area contributed by atoms with Crippen LogP contribution in [0.1, 0.15) is 19.9 Å². The Balaban J connectivity index is 2.83. The fourth-order valence-electron chi connectivity index (χ4n) is 1.86. The Morgan fingerprint density at radius 1 is 1.47 bits per heavy atom. The Bertz CT molecular complexity index is 495. The molecule has 2 aromatic rings. The van der Waals surface area contributed by atoms with E-state index >= 15 is 0 Å². The number of nitrogens with two attached hydrogens (primary N) is 1. The average molecular weight is 208 g/mol. The first-order valence-electron chi connectivity index (χ1n) is 4.95. The van der Waals surface area contributed by atoms with E-state index in [4.69, 9.17) is 5.73 Å². The van der Waals surface area contributed by atoms with Gasteiger partial charge in [-0.3, -0.25) is 0 Å². The Morgan fingerprint density at radius 2 is 2.13 bits per heavy atom. The summed E-state index contributed by atoms with van der Waals surface area (Å²) in [6.07, 6.45) is 1.95. The van der Waals surface area contributed by atoms with E-state index in [0.29, 0.717) is 11.9 Å². The van der Waals surface area contributed by atoms with E-state index in [9.17, 15) is 5.11 Å². The van der Waals surface area contributed by atoms with Crippen molar-refractivity contribution in [3.63, 3.8) is 0 Å². The van der Waals surface area contributed by atoms with E-state index in [-0.39, 0.29) is 5.75 Å². The highest BCUT2D eigenvalue weighted by Crippen LogP contribution is 2.35. The molecule has 2 heterocycles. The van der Waals surface area contributed by atoms with Crippen LogP contribution in [0.25, 0.3) is 11.0 Å². The van der Waals surface area contributed by atoms with Crippen molar-refractivity contribution in [3.05, 3.63) is 12.3 Å². The molecule has 0 aliphatic rings. The molecule has 0 aliphatic heterocycles. The minimum absolute atomic E-state index is 0.138. The number of nitrogens with zero attached hydrogens (tertiary/aromatic N) is 2. The van der Waals surface area contributed by atoms with Crippen molar-refractivity contribution in [3.8, 4) is 5.75 Å². The number of nitrogens with one attached hydrogen (secondary N) is 1. The summed E-state index contributed by atoms with van der Waals surface area (Å²) < 4.78 is 3.74. The number of hydrogen-bond donors (Lipinski definition) is 3. The van der Waals surface area contributed by atoms with Crippen molar-refractivity contribution in [1.82, 2.24) is 9.24 Å². The molecule has 82 valence electrons. The lowest BCUT2D eigenvalue weighted by molar-refractivity contribution is 0.483. The normalized spacial score (nSPS) is 11.5. The monoisotopic (exact) mass is 208 g/mol. The molecule has 2 aromatic heterocycles. The van der Waals surface area contributed by atoms with Crippen LogP contribution in [0, 0.1) is 0 Å². The zero-order valence-corrected chi connectivity index (χ0v) is 9.15. The molecule has 2 rings (SSSR count). The van der Waals surface area contributed by atoms with Gasteiger partial charge in [-0.1, -0.05) is 0 Å². The first kappa shape index (κ1) is 9.76. The van der Waals surface area contributed by atoms with Crippen LogP contribution in [0.4, 0.5) is 5.82 Å². The highest BCUT2D eigenvalue weighted by atomic mass is 16.3. The number of hydrogen-bond acceptors (Lipinski definition) is 3. The highest BCUT2D eigenvalue weighted by molar-refractivity contribution is 5.91. The summed E-state index contributed by atoms with van der Waals surface area (Å²) in [7, 11) is 1.77. The first-order valence-corrected chi connectivity index (χ1v) is 4.95. The third kappa shape index (κ3) is 1.16. The maximum absolute atomic E-state index is 9.81. The quantitative estimate of drug-likeness (QED) is 0.700. The van der Waals surface area contributed by atoms with Crippen molar-refractivity contribution in [2.75, 3.05) is 18.2 Å². The summed E-state index contributed by atoms with van der Waals surface area (Å²) in [5, 5.41) is 10.6. The maximum Gasteiger partial charge on any atom is 0.169 e. The van der Waals surface area contributed by atoms with Gasteiger partial charge in [-0.2, -0.15) is 0 Å². The molecule has 0 unspecified atom stereocenters. The number of rotatable bonds is 2. The predicted molar refractivity (Wildman–Crippen MR) is 61.7 cm³/mol. The summed E-state index contributed by atoms with van der Waals surface area (Å²) in [6.45, 7) is 4.17. The number of aromatic hydroxyl groups is 1. The lowest BCUT2D eigenvalue weighted by Gasteiger charge is -2.12. The van der Waals surface area contributed by atoms with Crippen molar-refractivity contribution in [1.29, 1.82) is 0 Å². The van der Waals surface area contributed by atoms with Crippen molar-refractivity contribution >= 4 is 16.9 Å². The smallest absolute Gasteiger partial charge is 0.169 e. The van der Waals surface area contributed by atoms with Crippen molar-refractivity contribution < 1.29 is 5.11 Å². The van der Waals surface area contributed by atoms with Crippen LogP contribution >= 0.6 is 0 Å². The number of aromatic nitrogens is 2. The third-order valence-electron chi connectivity index (χ3n) is 2.62. The molecule has 5 nitrogen and oxygen atoms in total.